The van der Waals surface area contributed by atoms with Crippen LogP contribution in [0.1, 0.15) is 139 Å². The van der Waals surface area contributed by atoms with E-state index in [2.05, 4.69) is 19.3 Å². The van der Waals surface area contributed by atoms with Gasteiger partial charge in [-0.2, -0.15) is 0 Å². The topological polar surface area (TPSA) is 0 Å². The van der Waals surface area contributed by atoms with Crippen molar-refractivity contribution in [1.82, 2.24) is 0 Å². The lowest BCUT2D eigenvalue weighted by Gasteiger charge is -0.701. The van der Waals surface area contributed by atoms with Crippen LogP contribution in [0.5, 0.6) is 0 Å². The van der Waals surface area contributed by atoms with Crippen LogP contribution in [-0.2, 0) is 0 Å². The van der Waals surface area contributed by atoms with Gasteiger partial charge in [-0.1, -0.05) is 88.8 Å². The second-order valence-electron chi connectivity index (χ2n) is 0. The van der Waals surface area contributed by atoms with Crippen LogP contribution < -0.4 is 0 Å². The average Bonchev–Trinajstić information content (AvgIpc) is 3.09. The highest BCUT2D eigenvalue weighted by Crippen LogP contribution is 0.583. The van der Waals surface area contributed by atoms with E-state index in [4.69, 9.17) is 45.7 Å². The fourth-order valence-corrected chi connectivity index (χ4v) is 0. The van der Waals surface area contributed by atoms with Gasteiger partial charge in [0.2, 0.25) is 0 Å². The van der Waals surface area contributed by atoms with Gasteiger partial charge in [-0.25, -0.2) is 0 Å². The van der Waals surface area contributed by atoms with Gasteiger partial charge < -0.3 is 0 Å². The van der Waals surface area contributed by atoms with Gasteiger partial charge in [-0.15, -0.1) is 38.5 Å². The summed E-state index contributed by atoms with van der Waals surface area (Å²) >= 11 is 0. The van der Waals surface area contributed by atoms with Crippen LogP contribution in [-0.4, -0.2) is 0 Å². The Kier molecular flexibility index (Phi) is 670. The van der Waals surface area contributed by atoms with Crippen LogP contribution in [0.3, 0.4) is 0 Å². The van der Waals surface area contributed by atoms with Gasteiger partial charge in [-0.3, -0.25) is 0 Å². The van der Waals surface area contributed by atoms with E-state index < -0.39 is 0 Å². The normalized spacial score (nSPS) is 12.1. The molecule has 0 N–H and O–H groups in total. The molecule has 0 rings (SSSR count). The monoisotopic (exact) mass is 363 g/mol. The Balaban J connectivity index is -0.00000000604. The van der Waals surface area contributed by atoms with Crippen molar-refractivity contribution in [2.45, 2.75) is 88.8 Å². The highest BCUT2D eigenvalue weighted by molar-refractivity contribution is 4.47. The SMILES string of the molecule is C.C.C.C.C.[3HH].[3HH].[3HH].[3H]C.[3H]C#C.[3H]C#C.[3H]C#C.[3H]C[3H].[3H]C[3H].[3H]C[3H].[3H]C[3H].[3H]C[3H].[3H]C[3H].[3H][3H].[3H][3H].[3H][3H].[3H][3H].[3H][3H].[3H][3H].[3H][3H].[3H][3H]. The third kappa shape index (κ3) is 1580. The van der Waals surface area contributed by atoms with Gasteiger partial charge in [0, 0.05) is 45.9 Å². The second-order valence-corrected chi connectivity index (χ2v) is 0. The van der Waals surface area contributed by atoms with Gasteiger partial charge in [0.1, 0.15) is 4.11 Å². The lowest BCUT2D eigenvalue weighted by atomic mass is 11.4. The van der Waals surface area contributed by atoms with Gasteiger partial charge in [0.25, 0.3) is 0 Å². The molecule has 0 amide bonds. The maximum Gasteiger partial charge on any atom is 0.124 e. The van der Waals surface area contributed by atoms with Crippen LogP contribution in [0.25, 0.3) is 0 Å². The molecular weight excluding hydrogens is 216 g/mol. The van der Waals surface area contributed by atoms with E-state index in [0.29, 0.717) is 0 Å². The molecule has 0 saturated carbocycles. The first-order valence-electron chi connectivity index (χ1n) is 19.9. The molecule has 0 saturated heterocycles. The molecule has 0 unspecified atom stereocenters. The first kappa shape index (κ1) is 6.22. The predicted octanol–water partition coefficient (Wildman–Crippen LogP) is 11.1. The molecule has 0 aliphatic heterocycles. The minimum Gasteiger partial charge on any atom is -0.124 e. The zero-order chi connectivity index (χ0) is 42.4. The Labute approximate surface area is 180 Å². The Morgan fingerprint density at radius 2 is 0.611 bits per heavy atom. The molecule has 0 heteroatoms. The maximum absolute atomic E-state index is 5.88. The van der Waals surface area contributed by atoms with E-state index in [1.54, 1.807) is 0 Å². The number of terminal acetylenes is 3. The summed E-state index contributed by atoms with van der Waals surface area (Å²) in [5, 5.41) is 0. The smallest absolute Gasteiger partial charge is 0.124 e. The molecule has 0 nitrogen and oxygen atoms in total. The molecular formula is C18H76. The van der Waals surface area contributed by atoms with Crippen LogP contribution in [0.4, 0.5) is 0 Å². The van der Waals surface area contributed by atoms with Crippen molar-refractivity contribution in [3.8, 4) is 38.5 Å². The zero-order valence-electron chi connectivity index (χ0n) is 40.5. The Morgan fingerprint density at radius 1 is 0.611 bits per heavy atom. The Hall–Kier alpha value is -1.32. The van der Waals surface area contributed by atoms with Crippen molar-refractivity contribution in [3.05, 3.63) is 0 Å². The molecule has 0 aromatic carbocycles. The van der Waals surface area contributed by atoms with Crippen molar-refractivity contribution in [2.24, 2.45) is 0 Å². The summed E-state index contributed by atoms with van der Waals surface area (Å²) in [7, 11) is -0.250. The summed E-state index contributed by atoms with van der Waals surface area (Å²) in [4.78, 5) is 0. The zero-order valence-corrected chi connectivity index (χ0v) is 8.47. The first-order chi connectivity index (χ1) is 21.7. The number of hydrogen-bond acceptors (Lipinski definition) is 0. The summed E-state index contributed by atoms with van der Waals surface area (Å²) < 4.78 is 173. The lowest BCUT2D eigenvalue weighted by Crippen LogP contribution is -0.576. The molecule has 0 atom stereocenters. The molecule has 148 valence electrons. The van der Waals surface area contributed by atoms with Crippen LogP contribution in [0.15, 0.2) is 0 Å². The summed E-state index contributed by atoms with van der Waals surface area (Å²) in [6.07, 6.45) is 17.3. The molecule has 0 aliphatic rings. The molecule has 0 radical (unpaired) electrons. The quantitative estimate of drug-likeness (QED) is 0.375. The molecule has 0 aromatic heterocycles. The van der Waals surface area contributed by atoms with E-state index in [-0.39, 0.29) is 85.7 Å². The van der Waals surface area contributed by atoms with E-state index >= 15 is 0 Å². The van der Waals surface area contributed by atoms with Crippen LogP contribution >= 0.6 is 0 Å². The van der Waals surface area contributed by atoms with Crippen LogP contribution in [0, 0.1) is 38.5 Å². The molecule has 0 bridgehead atoms. The predicted molar refractivity (Wildman–Crippen MR) is 134 cm³/mol. The van der Waals surface area contributed by atoms with Crippen molar-refractivity contribution in [2.75, 3.05) is 0 Å². The second kappa shape index (κ2) is 1940. The van der Waals surface area contributed by atoms with E-state index in [1.165, 1.54) is 26.6 Å². The average molecular weight is 363 g/mol. The lowest BCUT2D eigenvalue weighted by molar-refractivity contribution is 2.50. The van der Waals surface area contributed by atoms with E-state index in [9.17, 15) is 0 Å². The van der Waals surface area contributed by atoms with Crippen molar-refractivity contribution < 1.29 is 50.0 Å². The molecule has 0 heterocycles. The Bertz CT molecular complexity index is 197. The molecule has 0 aromatic rings. The number of rotatable bonds is 0. The fraction of sp³-hybridized carbons (Fsp3) is 0.667. The standard InChI is InChI=1S/3C2H2.12CH4.11H2/c3*1-2;;;;;;;;;;;;;;;;;;;;;;;/h3*1-2H;12*1H4;11*1H/i3*1T;6*1T2;1T;;;;;;8*1+2T;3*1+2. The van der Waals surface area contributed by atoms with Crippen LogP contribution in [0.2, 0.25) is 0 Å². The van der Waals surface area contributed by atoms with Gasteiger partial charge in [0.15, 0.2) is 0 Å². The van der Waals surface area contributed by atoms with Crippen molar-refractivity contribution in [1.29, 1.82) is 0 Å². The van der Waals surface area contributed by atoms with Gasteiger partial charge >= 0.3 is 0 Å². The number of hydrogen-bond donors (Lipinski definition) is 0. The molecule has 18 heavy (non-hydrogen) atoms. The summed E-state index contributed by atoms with van der Waals surface area (Å²) in [6, 6.07) is 0. The summed E-state index contributed by atoms with van der Waals surface area (Å²) in [5.41, 5.74) is 0. The molecule has 0 spiro atoms. The van der Waals surface area contributed by atoms with E-state index in [1.807, 2.05) is 0 Å². The third-order valence-electron chi connectivity index (χ3n) is 0. The van der Waals surface area contributed by atoms with Crippen molar-refractivity contribution in [3.63, 3.8) is 0 Å². The highest BCUT2D eigenvalue weighted by Gasteiger charge is 0.458. The largest absolute Gasteiger partial charge is 0.124 e. The Morgan fingerprint density at radius 3 is 0.611 bits per heavy atom. The summed E-state index contributed by atoms with van der Waals surface area (Å²) in [5.74, 6) is 0. The summed E-state index contributed by atoms with van der Waals surface area (Å²) in [6.45, 7) is 0. The van der Waals surface area contributed by atoms with Gasteiger partial charge in [0.05, 0.1) is 0 Å². The fourth-order valence-electron chi connectivity index (χ4n) is 0. The molecule has 0 fully saturated rings. The minimum absolute atomic E-state index is 0. The maximum atomic E-state index is 5.88. The van der Waals surface area contributed by atoms with Gasteiger partial charge in [-0.05, 0) is 0 Å². The highest BCUT2D eigenvalue weighted by atomic mass is 12.6. The van der Waals surface area contributed by atoms with Crippen molar-refractivity contribution >= 4 is 0 Å². The first-order valence-corrected chi connectivity index (χ1v) is 0.866. The minimum atomic E-state index is -0.250. The molecule has 0 aliphatic carbocycles. The third-order valence-corrected chi connectivity index (χ3v) is 0. The van der Waals surface area contributed by atoms with E-state index in [0.717, 1.165) is 0 Å².